The Morgan fingerprint density at radius 1 is 1.06 bits per heavy atom. The van der Waals surface area contributed by atoms with Gasteiger partial charge in [0.2, 0.25) is 0 Å². The molecule has 1 amide bonds. The Kier molecular flexibility index (Phi) is 6.56. The molecule has 0 aliphatic rings. The average Bonchev–Trinajstić information content (AvgIpc) is 3.15. The maximum atomic E-state index is 12.4. The van der Waals surface area contributed by atoms with E-state index in [1.165, 1.54) is 22.9 Å². The Hall–Kier alpha value is -3.58. The van der Waals surface area contributed by atoms with Crippen LogP contribution in [0.25, 0.3) is 11.0 Å². The molecular weight excluding hydrogens is 420 g/mol. The quantitative estimate of drug-likeness (QED) is 0.245. The summed E-state index contributed by atoms with van der Waals surface area (Å²) in [5.41, 5.74) is 8.44. The largest absolute Gasteiger partial charge is 0.508 e. The molecule has 7 heteroatoms. The number of phenolic OH excluding ortho intramolecular Hbond substituents is 1. The van der Waals surface area contributed by atoms with Gasteiger partial charge in [0.25, 0.3) is 5.91 Å². The van der Waals surface area contributed by atoms with Gasteiger partial charge in [-0.25, -0.2) is 10.4 Å². The van der Waals surface area contributed by atoms with Crippen molar-refractivity contribution in [2.75, 3.05) is 5.75 Å². The number of thioether (sulfide) groups is 1. The number of carbonyl (C=O) groups excluding carboxylic acids is 1. The number of carbonyl (C=O) groups is 1. The average molecular weight is 445 g/mol. The van der Waals surface area contributed by atoms with Crippen LogP contribution in [-0.2, 0) is 11.3 Å². The van der Waals surface area contributed by atoms with E-state index in [0.717, 1.165) is 21.8 Å². The topological polar surface area (TPSA) is 79.5 Å². The molecule has 0 aliphatic carbocycles. The van der Waals surface area contributed by atoms with E-state index in [4.69, 9.17) is 4.98 Å². The standard InChI is InChI=1S/C25H24N4O2S/c1-17-7-9-19(10-8-17)15-29-23-6-4-3-5-22(23)26-25(29)32-16-24(31)28-27-18(2)20-11-13-21(30)14-12-20/h3-14,30H,15-16H2,1-2H3,(H,28,31)/b27-18+. The second-order valence-electron chi connectivity index (χ2n) is 7.52. The normalized spacial score (nSPS) is 11.6. The number of rotatable bonds is 7. The van der Waals surface area contributed by atoms with Crippen LogP contribution in [0.15, 0.2) is 83.1 Å². The lowest BCUT2D eigenvalue weighted by Gasteiger charge is -2.09. The number of fused-ring (bicyclic) bond motifs is 1. The van der Waals surface area contributed by atoms with Crippen molar-refractivity contribution in [3.05, 3.63) is 89.5 Å². The molecule has 4 aromatic rings. The zero-order valence-electron chi connectivity index (χ0n) is 17.9. The molecule has 1 aromatic heterocycles. The monoisotopic (exact) mass is 444 g/mol. The summed E-state index contributed by atoms with van der Waals surface area (Å²) < 4.78 is 2.14. The van der Waals surface area contributed by atoms with Crippen molar-refractivity contribution >= 4 is 34.4 Å². The summed E-state index contributed by atoms with van der Waals surface area (Å²) in [6.45, 7) is 4.56. The van der Waals surface area contributed by atoms with E-state index in [2.05, 4.69) is 46.3 Å². The van der Waals surface area contributed by atoms with Crippen LogP contribution in [-0.4, -0.2) is 32.0 Å². The zero-order valence-corrected chi connectivity index (χ0v) is 18.8. The van der Waals surface area contributed by atoms with Crippen LogP contribution in [0.4, 0.5) is 0 Å². The molecule has 6 nitrogen and oxygen atoms in total. The van der Waals surface area contributed by atoms with Gasteiger partial charge in [-0.1, -0.05) is 53.7 Å². The maximum absolute atomic E-state index is 12.4. The summed E-state index contributed by atoms with van der Waals surface area (Å²) in [5.74, 6) is 0.182. The Morgan fingerprint density at radius 2 is 1.78 bits per heavy atom. The Labute approximate surface area is 191 Å². The lowest BCUT2D eigenvalue weighted by Crippen LogP contribution is -2.21. The van der Waals surface area contributed by atoms with Crippen LogP contribution < -0.4 is 5.43 Å². The van der Waals surface area contributed by atoms with E-state index in [1.807, 2.05) is 24.3 Å². The van der Waals surface area contributed by atoms with Crippen molar-refractivity contribution in [2.24, 2.45) is 5.10 Å². The minimum Gasteiger partial charge on any atom is -0.508 e. The van der Waals surface area contributed by atoms with Crippen LogP contribution >= 0.6 is 11.8 Å². The minimum atomic E-state index is -0.206. The van der Waals surface area contributed by atoms with Crippen molar-refractivity contribution in [1.82, 2.24) is 15.0 Å². The lowest BCUT2D eigenvalue weighted by atomic mass is 10.1. The molecule has 0 fully saturated rings. The van der Waals surface area contributed by atoms with Gasteiger partial charge in [0.05, 0.1) is 29.0 Å². The molecule has 0 atom stereocenters. The second-order valence-corrected chi connectivity index (χ2v) is 8.47. The van der Waals surface area contributed by atoms with Crippen LogP contribution in [0, 0.1) is 6.92 Å². The maximum Gasteiger partial charge on any atom is 0.250 e. The van der Waals surface area contributed by atoms with Gasteiger partial charge in [-0.2, -0.15) is 5.10 Å². The fourth-order valence-electron chi connectivity index (χ4n) is 3.27. The van der Waals surface area contributed by atoms with Gasteiger partial charge < -0.3 is 9.67 Å². The molecule has 0 saturated heterocycles. The molecule has 0 aliphatic heterocycles. The third kappa shape index (κ3) is 5.18. The molecule has 1 heterocycles. The predicted octanol–water partition coefficient (Wildman–Crippen LogP) is 4.73. The van der Waals surface area contributed by atoms with Crippen molar-refractivity contribution in [2.45, 2.75) is 25.5 Å². The fraction of sp³-hybridized carbons (Fsp3) is 0.160. The van der Waals surface area contributed by atoms with Crippen LogP contribution in [0.5, 0.6) is 5.75 Å². The van der Waals surface area contributed by atoms with E-state index in [1.54, 1.807) is 31.2 Å². The smallest absolute Gasteiger partial charge is 0.250 e. The summed E-state index contributed by atoms with van der Waals surface area (Å²) in [6.07, 6.45) is 0. The van der Waals surface area contributed by atoms with Gasteiger partial charge >= 0.3 is 0 Å². The van der Waals surface area contributed by atoms with Crippen molar-refractivity contribution in [3.63, 3.8) is 0 Å². The first-order chi connectivity index (χ1) is 15.5. The second kappa shape index (κ2) is 9.70. The number of aromatic nitrogens is 2. The van der Waals surface area contributed by atoms with E-state index in [0.29, 0.717) is 12.3 Å². The fourth-order valence-corrected chi connectivity index (χ4v) is 4.07. The van der Waals surface area contributed by atoms with Gasteiger partial charge in [0.15, 0.2) is 5.16 Å². The number of aryl methyl sites for hydroxylation is 1. The van der Waals surface area contributed by atoms with E-state index in [9.17, 15) is 9.90 Å². The number of hydrazone groups is 1. The summed E-state index contributed by atoms with van der Waals surface area (Å²) in [7, 11) is 0. The van der Waals surface area contributed by atoms with Crippen molar-refractivity contribution < 1.29 is 9.90 Å². The summed E-state index contributed by atoms with van der Waals surface area (Å²) in [4.78, 5) is 17.1. The number of phenols is 1. The lowest BCUT2D eigenvalue weighted by molar-refractivity contribution is -0.118. The molecule has 0 saturated carbocycles. The highest BCUT2D eigenvalue weighted by atomic mass is 32.2. The van der Waals surface area contributed by atoms with Gasteiger partial charge in [-0.15, -0.1) is 0 Å². The number of hydrogen-bond donors (Lipinski definition) is 2. The number of amides is 1. The van der Waals surface area contributed by atoms with Crippen LogP contribution in [0.1, 0.15) is 23.6 Å². The molecule has 162 valence electrons. The molecule has 2 N–H and O–H groups in total. The van der Waals surface area contributed by atoms with Crippen molar-refractivity contribution in [3.8, 4) is 5.75 Å². The molecule has 4 rings (SSSR count). The molecule has 0 unspecified atom stereocenters. The summed E-state index contributed by atoms with van der Waals surface area (Å²) >= 11 is 1.39. The number of benzene rings is 3. The van der Waals surface area contributed by atoms with Gasteiger partial charge in [0.1, 0.15) is 5.75 Å². The SMILES string of the molecule is C/C(=N\NC(=O)CSc1nc2ccccc2n1Cc1ccc(C)cc1)c1ccc(O)cc1. The molecule has 0 bridgehead atoms. The first-order valence-corrected chi connectivity index (χ1v) is 11.2. The third-order valence-electron chi connectivity index (χ3n) is 5.05. The van der Waals surface area contributed by atoms with Crippen LogP contribution in [0.3, 0.4) is 0 Å². The van der Waals surface area contributed by atoms with Crippen LogP contribution in [0.2, 0.25) is 0 Å². The van der Waals surface area contributed by atoms with E-state index in [-0.39, 0.29) is 17.4 Å². The molecule has 32 heavy (non-hydrogen) atoms. The highest BCUT2D eigenvalue weighted by molar-refractivity contribution is 7.99. The zero-order chi connectivity index (χ0) is 22.5. The molecule has 3 aromatic carbocycles. The van der Waals surface area contributed by atoms with Gasteiger partial charge in [-0.3, -0.25) is 4.79 Å². The third-order valence-corrected chi connectivity index (χ3v) is 6.02. The number of aromatic hydroxyl groups is 1. The molecule has 0 radical (unpaired) electrons. The highest BCUT2D eigenvalue weighted by Crippen LogP contribution is 2.25. The van der Waals surface area contributed by atoms with Crippen molar-refractivity contribution in [1.29, 1.82) is 0 Å². The number of nitrogens with zero attached hydrogens (tertiary/aromatic N) is 3. The number of nitrogens with one attached hydrogen (secondary N) is 1. The number of hydrogen-bond acceptors (Lipinski definition) is 5. The van der Waals surface area contributed by atoms with E-state index >= 15 is 0 Å². The van der Waals surface area contributed by atoms with E-state index < -0.39 is 0 Å². The molecular formula is C25H24N4O2S. The minimum absolute atomic E-state index is 0.190. The Morgan fingerprint density at radius 3 is 2.53 bits per heavy atom. The highest BCUT2D eigenvalue weighted by Gasteiger charge is 2.13. The Balaban J connectivity index is 1.46. The first-order valence-electron chi connectivity index (χ1n) is 10.3. The van der Waals surface area contributed by atoms with Gasteiger partial charge in [0, 0.05) is 0 Å². The summed E-state index contributed by atoms with van der Waals surface area (Å²) in [5, 5.41) is 14.4. The Bertz CT molecular complexity index is 1260. The van der Waals surface area contributed by atoms with Gasteiger partial charge in [-0.05, 0) is 61.4 Å². The predicted molar refractivity (Wildman–Crippen MR) is 129 cm³/mol. The number of imidazole rings is 1. The summed E-state index contributed by atoms with van der Waals surface area (Å²) in [6, 6.07) is 23.1. The first kappa shape index (κ1) is 21.6. The number of para-hydroxylation sites is 2. The molecule has 0 spiro atoms.